The van der Waals surface area contributed by atoms with E-state index in [1.807, 2.05) is 12.1 Å². The van der Waals surface area contributed by atoms with E-state index >= 15 is 0 Å². The fraction of sp³-hybridized carbons (Fsp3) is 0.300. The van der Waals surface area contributed by atoms with Crippen LogP contribution < -0.4 is 19.5 Å². The number of methoxy groups -OCH3 is 3. The summed E-state index contributed by atoms with van der Waals surface area (Å²) in [6.07, 6.45) is 0.0288. The maximum atomic E-state index is 12.0. The number of hydrogen-bond donors (Lipinski definition) is 1. The van der Waals surface area contributed by atoms with Crippen molar-refractivity contribution in [1.29, 1.82) is 0 Å². The van der Waals surface area contributed by atoms with Gasteiger partial charge in [0.2, 0.25) is 0 Å². The number of para-hydroxylation sites is 2. The van der Waals surface area contributed by atoms with Crippen molar-refractivity contribution in [2.75, 3.05) is 27.9 Å². The summed E-state index contributed by atoms with van der Waals surface area (Å²) in [4.78, 5) is 23.9. The van der Waals surface area contributed by atoms with Crippen LogP contribution in [0.5, 0.6) is 17.2 Å². The fourth-order valence-corrected chi connectivity index (χ4v) is 2.54. The van der Waals surface area contributed by atoms with E-state index in [1.165, 1.54) is 14.2 Å². The zero-order valence-electron chi connectivity index (χ0n) is 15.6. The van der Waals surface area contributed by atoms with E-state index in [9.17, 15) is 9.59 Å². The second kappa shape index (κ2) is 10.1. The molecule has 2 aromatic rings. The molecule has 2 aromatic carbocycles. The van der Waals surface area contributed by atoms with Gasteiger partial charge in [0.1, 0.15) is 5.75 Å². The highest BCUT2D eigenvalue weighted by molar-refractivity contribution is 5.81. The molecule has 7 heteroatoms. The van der Waals surface area contributed by atoms with Gasteiger partial charge in [0, 0.05) is 17.7 Å². The Morgan fingerprint density at radius 1 is 0.852 bits per heavy atom. The molecule has 7 nitrogen and oxygen atoms in total. The Labute approximate surface area is 158 Å². The van der Waals surface area contributed by atoms with Crippen LogP contribution in [0.4, 0.5) is 0 Å². The van der Waals surface area contributed by atoms with Gasteiger partial charge >= 0.3 is 5.97 Å². The lowest BCUT2D eigenvalue weighted by atomic mass is 10.1. The number of esters is 1. The topological polar surface area (TPSA) is 83.1 Å². The highest BCUT2D eigenvalue weighted by Gasteiger charge is 2.13. The lowest BCUT2D eigenvalue weighted by Gasteiger charge is -2.13. The smallest absolute Gasteiger partial charge is 0.310 e. The van der Waals surface area contributed by atoms with Gasteiger partial charge in [-0.15, -0.1) is 0 Å². The molecule has 0 aliphatic rings. The van der Waals surface area contributed by atoms with E-state index in [-0.39, 0.29) is 19.6 Å². The standard InChI is InChI=1S/C20H23NO6/c1-24-16-9-5-4-7-14(16)11-19(23)27-13-18(22)21-12-15-8-6-10-17(25-2)20(15)26-3/h4-10H,11-13H2,1-3H3,(H,21,22). The molecular weight excluding hydrogens is 350 g/mol. The van der Waals surface area contributed by atoms with Crippen molar-refractivity contribution in [3.05, 3.63) is 53.6 Å². The van der Waals surface area contributed by atoms with Crippen molar-refractivity contribution >= 4 is 11.9 Å². The van der Waals surface area contributed by atoms with Gasteiger partial charge in [-0.2, -0.15) is 0 Å². The van der Waals surface area contributed by atoms with Gasteiger partial charge in [-0.1, -0.05) is 30.3 Å². The average Bonchev–Trinajstić information content (AvgIpc) is 2.70. The minimum Gasteiger partial charge on any atom is -0.496 e. The quantitative estimate of drug-likeness (QED) is 0.678. The molecule has 0 atom stereocenters. The van der Waals surface area contributed by atoms with E-state index in [0.717, 1.165) is 5.56 Å². The second-order valence-electron chi connectivity index (χ2n) is 5.58. The van der Waals surface area contributed by atoms with Crippen LogP contribution in [-0.2, 0) is 27.3 Å². The SMILES string of the molecule is COc1ccccc1CC(=O)OCC(=O)NCc1cccc(OC)c1OC. The first-order valence-corrected chi connectivity index (χ1v) is 8.33. The van der Waals surface area contributed by atoms with Gasteiger partial charge in [0.05, 0.1) is 27.8 Å². The molecule has 0 saturated heterocycles. The minimum atomic E-state index is -0.506. The minimum absolute atomic E-state index is 0.0288. The molecule has 0 heterocycles. The van der Waals surface area contributed by atoms with E-state index < -0.39 is 11.9 Å². The maximum absolute atomic E-state index is 12.0. The van der Waals surface area contributed by atoms with E-state index in [4.69, 9.17) is 18.9 Å². The lowest BCUT2D eigenvalue weighted by molar-refractivity contribution is -0.147. The monoisotopic (exact) mass is 373 g/mol. The Hall–Kier alpha value is -3.22. The van der Waals surface area contributed by atoms with Crippen LogP contribution in [0.3, 0.4) is 0 Å². The zero-order valence-corrected chi connectivity index (χ0v) is 15.6. The van der Waals surface area contributed by atoms with Crippen molar-refractivity contribution in [1.82, 2.24) is 5.32 Å². The van der Waals surface area contributed by atoms with Crippen LogP contribution in [0, 0.1) is 0 Å². The number of amides is 1. The van der Waals surface area contributed by atoms with E-state index in [2.05, 4.69) is 5.32 Å². The molecule has 0 aliphatic carbocycles. The Morgan fingerprint density at radius 3 is 2.22 bits per heavy atom. The number of benzene rings is 2. The molecule has 0 unspecified atom stereocenters. The molecule has 1 N–H and O–H groups in total. The predicted molar refractivity (Wildman–Crippen MR) is 99.0 cm³/mol. The predicted octanol–water partition coefficient (Wildman–Crippen LogP) is 2.11. The largest absolute Gasteiger partial charge is 0.496 e. The number of carbonyl (C=O) groups is 2. The zero-order chi connectivity index (χ0) is 19.6. The summed E-state index contributed by atoms with van der Waals surface area (Å²) in [5, 5.41) is 2.69. The molecule has 0 radical (unpaired) electrons. The van der Waals surface area contributed by atoms with Crippen molar-refractivity contribution in [2.24, 2.45) is 0 Å². The molecule has 0 aliphatic heterocycles. The van der Waals surface area contributed by atoms with Gasteiger partial charge < -0.3 is 24.3 Å². The second-order valence-corrected chi connectivity index (χ2v) is 5.58. The first-order valence-electron chi connectivity index (χ1n) is 8.33. The Balaban J connectivity index is 1.84. The molecule has 0 saturated carbocycles. The number of nitrogens with one attached hydrogen (secondary N) is 1. The van der Waals surface area contributed by atoms with E-state index in [0.29, 0.717) is 22.8 Å². The third kappa shape index (κ3) is 5.64. The summed E-state index contributed by atoms with van der Waals surface area (Å²) < 4.78 is 20.8. The third-order valence-electron chi connectivity index (χ3n) is 3.85. The summed E-state index contributed by atoms with van der Waals surface area (Å²) in [7, 11) is 4.61. The number of ether oxygens (including phenoxy) is 4. The Kier molecular flexibility index (Phi) is 7.49. The number of rotatable bonds is 9. The van der Waals surface area contributed by atoms with Crippen LogP contribution in [0.2, 0.25) is 0 Å². The summed E-state index contributed by atoms with van der Waals surface area (Å²) in [5.41, 5.74) is 1.46. The van der Waals surface area contributed by atoms with Crippen LogP contribution >= 0.6 is 0 Å². The van der Waals surface area contributed by atoms with Gasteiger partial charge in [-0.05, 0) is 12.1 Å². The highest BCUT2D eigenvalue weighted by atomic mass is 16.5. The summed E-state index contributed by atoms with van der Waals surface area (Å²) in [5.74, 6) is 0.812. The van der Waals surface area contributed by atoms with Crippen LogP contribution in [0.15, 0.2) is 42.5 Å². The molecule has 144 valence electrons. The fourth-order valence-electron chi connectivity index (χ4n) is 2.54. The first kappa shape index (κ1) is 20.1. The first-order chi connectivity index (χ1) is 13.1. The third-order valence-corrected chi connectivity index (χ3v) is 3.85. The van der Waals surface area contributed by atoms with E-state index in [1.54, 1.807) is 37.4 Å². The molecule has 0 spiro atoms. The Bertz CT molecular complexity index is 790. The van der Waals surface area contributed by atoms with Crippen LogP contribution in [0.1, 0.15) is 11.1 Å². The number of carbonyl (C=O) groups excluding carboxylic acids is 2. The van der Waals surface area contributed by atoms with Crippen molar-refractivity contribution in [3.8, 4) is 17.2 Å². The highest BCUT2D eigenvalue weighted by Crippen LogP contribution is 2.30. The van der Waals surface area contributed by atoms with Crippen molar-refractivity contribution in [2.45, 2.75) is 13.0 Å². The molecule has 0 fully saturated rings. The van der Waals surface area contributed by atoms with Gasteiger partial charge in [-0.3, -0.25) is 9.59 Å². The van der Waals surface area contributed by atoms with Gasteiger partial charge in [0.15, 0.2) is 18.1 Å². The molecule has 2 rings (SSSR count). The molecule has 1 amide bonds. The lowest BCUT2D eigenvalue weighted by Crippen LogP contribution is -2.28. The average molecular weight is 373 g/mol. The van der Waals surface area contributed by atoms with Crippen molar-refractivity contribution in [3.63, 3.8) is 0 Å². The number of hydrogen-bond acceptors (Lipinski definition) is 6. The molecule has 0 aromatic heterocycles. The summed E-state index contributed by atoms with van der Waals surface area (Å²) in [6.45, 7) is -0.135. The maximum Gasteiger partial charge on any atom is 0.310 e. The molecule has 0 bridgehead atoms. The van der Waals surface area contributed by atoms with Crippen LogP contribution in [-0.4, -0.2) is 39.8 Å². The summed E-state index contributed by atoms with van der Waals surface area (Å²) >= 11 is 0. The molecule has 27 heavy (non-hydrogen) atoms. The normalized spacial score (nSPS) is 10.0. The van der Waals surface area contributed by atoms with Gasteiger partial charge in [0.25, 0.3) is 5.91 Å². The van der Waals surface area contributed by atoms with Crippen LogP contribution in [0.25, 0.3) is 0 Å². The van der Waals surface area contributed by atoms with Gasteiger partial charge in [-0.25, -0.2) is 0 Å². The summed E-state index contributed by atoms with van der Waals surface area (Å²) in [6, 6.07) is 12.5. The van der Waals surface area contributed by atoms with Crippen molar-refractivity contribution < 1.29 is 28.5 Å². The Morgan fingerprint density at radius 2 is 1.52 bits per heavy atom. The molecular formula is C20H23NO6.